The lowest BCUT2D eigenvalue weighted by Crippen LogP contribution is -2.25. The van der Waals surface area contributed by atoms with Crippen molar-refractivity contribution in [3.8, 4) is 34.3 Å². The lowest BCUT2D eigenvalue weighted by atomic mass is 10.1. The number of rotatable bonds is 7. The number of hydrogen-bond acceptors (Lipinski definition) is 7. The van der Waals surface area contributed by atoms with Crippen LogP contribution in [0.15, 0.2) is 83.9 Å². The van der Waals surface area contributed by atoms with E-state index in [2.05, 4.69) is 0 Å². The van der Waals surface area contributed by atoms with Gasteiger partial charge in [0.1, 0.15) is 39.6 Å². The highest BCUT2D eigenvalue weighted by atomic mass is 32.1. The molecule has 0 amide bonds. The van der Waals surface area contributed by atoms with E-state index in [9.17, 15) is 5.11 Å². The van der Waals surface area contributed by atoms with Crippen molar-refractivity contribution in [1.29, 1.82) is 5.41 Å². The number of aliphatic hydroxyl groups is 1. The molecule has 0 saturated heterocycles. The molecule has 8 heteroatoms. The summed E-state index contributed by atoms with van der Waals surface area (Å²) in [6, 6.07) is 22.5. The molecule has 1 aliphatic rings. The van der Waals surface area contributed by atoms with Crippen LogP contribution in [0, 0.1) is 5.41 Å². The van der Waals surface area contributed by atoms with E-state index in [4.69, 9.17) is 24.6 Å². The fourth-order valence-corrected chi connectivity index (χ4v) is 4.76. The molecule has 0 bridgehead atoms. The van der Waals surface area contributed by atoms with Gasteiger partial charge in [0.05, 0.1) is 32.0 Å². The number of thiazole rings is 1. The van der Waals surface area contributed by atoms with Gasteiger partial charge in [-0.1, -0.05) is 18.2 Å². The number of nitrogens with zero attached hydrogens (tertiary/aromatic N) is 2. The molecule has 0 spiro atoms. The van der Waals surface area contributed by atoms with E-state index in [0.29, 0.717) is 33.5 Å². The van der Waals surface area contributed by atoms with Crippen LogP contribution in [0.1, 0.15) is 5.01 Å². The van der Waals surface area contributed by atoms with Crippen molar-refractivity contribution >= 4 is 28.4 Å². The molecular formula is C27H23N3O4S. The normalized spacial score (nSPS) is 13.3. The third-order valence-corrected chi connectivity index (χ3v) is 6.49. The molecule has 5 rings (SSSR count). The van der Waals surface area contributed by atoms with E-state index in [1.54, 1.807) is 19.1 Å². The van der Waals surface area contributed by atoms with E-state index in [0.717, 1.165) is 17.0 Å². The molecule has 0 saturated carbocycles. The van der Waals surface area contributed by atoms with E-state index >= 15 is 0 Å². The number of aliphatic hydroxyl groups excluding tert-OH is 1. The Morgan fingerprint density at radius 1 is 0.914 bits per heavy atom. The second-order valence-electron chi connectivity index (χ2n) is 7.77. The van der Waals surface area contributed by atoms with Gasteiger partial charge in [0.15, 0.2) is 0 Å². The summed E-state index contributed by atoms with van der Waals surface area (Å²) in [5.41, 5.74) is 2.68. The molecule has 0 fully saturated rings. The van der Waals surface area contributed by atoms with E-state index in [1.165, 1.54) is 11.3 Å². The van der Waals surface area contributed by atoms with Gasteiger partial charge >= 0.3 is 0 Å². The van der Waals surface area contributed by atoms with Crippen molar-refractivity contribution < 1.29 is 19.3 Å². The van der Waals surface area contributed by atoms with Crippen molar-refractivity contribution in [2.45, 2.75) is 0 Å². The van der Waals surface area contributed by atoms with Crippen molar-refractivity contribution in [1.82, 2.24) is 4.98 Å². The summed E-state index contributed by atoms with van der Waals surface area (Å²) in [7, 11) is 3.21. The van der Waals surface area contributed by atoms with Crippen LogP contribution in [0.3, 0.4) is 0 Å². The topological polar surface area (TPSA) is 87.9 Å². The predicted octanol–water partition coefficient (Wildman–Crippen LogP) is 6.39. The standard InChI is InChI=1S/C27H23N3O4S/c1-32-20-12-13-24(33-2)21(14-20)22-16-35-27(29-22)25-23(31)15-30(26(25)28)17-8-10-19(11-9-17)34-18-6-4-3-5-7-18/h3-14,16,28,31H,15H2,1-2H3. The zero-order chi connectivity index (χ0) is 24.4. The van der Waals surface area contributed by atoms with Gasteiger partial charge in [-0.2, -0.15) is 0 Å². The molecule has 7 nitrogen and oxygen atoms in total. The summed E-state index contributed by atoms with van der Waals surface area (Å²) < 4.78 is 16.7. The molecule has 0 atom stereocenters. The molecule has 2 heterocycles. The van der Waals surface area contributed by atoms with Crippen LogP contribution in [0.2, 0.25) is 0 Å². The molecule has 1 aromatic heterocycles. The van der Waals surface area contributed by atoms with Gasteiger partial charge in [0.2, 0.25) is 0 Å². The first kappa shape index (κ1) is 22.5. The van der Waals surface area contributed by atoms with Crippen molar-refractivity contribution in [3.05, 3.63) is 88.9 Å². The van der Waals surface area contributed by atoms with Gasteiger partial charge in [-0.15, -0.1) is 11.3 Å². The highest BCUT2D eigenvalue weighted by Gasteiger charge is 2.31. The molecule has 2 N–H and O–H groups in total. The monoisotopic (exact) mass is 485 g/mol. The highest BCUT2D eigenvalue weighted by Crippen LogP contribution is 2.38. The number of hydrogen-bond donors (Lipinski definition) is 2. The van der Waals surface area contributed by atoms with Crippen LogP contribution < -0.4 is 19.1 Å². The molecular weight excluding hydrogens is 462 g/mol. The minimum Gasteiger partial charge on any atom is -0.510 e. The molecule has 0 radical (unpaired) electrons. The molecule has 35 heavy (non-hydrogen) atoms. The maximum absolute atomic E-state index is 10.8. The fourth-order valence-electron chi connectivity index (χ4n) is 3.87. The Hall–Kier alpha value is -4.30. The second kappa shape index (κ2) is 9.52. The first-order valence-electron chi connectivity index (χ1n) is 10.9. The zero-order valence-corrected chi connectivity index (χ0v) is 20.0. The Labute approximate surface area is 207 Å². The Balaban J connectivity index is 1.37. The Morgan fingerprint density at radius 3 is 2.34 bits per heavy atom. The van der Waals surface area contributed by atoms with Crippen LogP contribution in [-0.2, 0) is 0 Å². The highest BCUT2D eigenvalue weighted by molar-refractivity contribution is 7.11. The largest absolute Gasteiger partial charge is 0.510 e. The Kier molecular flexibility index (Phi) is 6.12. The van der Waals surface area contributed by atoms with Crippen LogP contribution in [0.25, 0.3) is 16.8 Å². The van der Waals surface area contributed by atoms with E-state index in [-0.39, 0.29) is 18.1 Å². The molecule has 176 valence electrons. The van der Waals surface area contributed by atoms with Crippen molar-refractivity contribution in [2.24, 2.45) is 0 Å². The Bertz CT molecular complexity index is 1400. The zero-order valence-electron chi connectivity index (χ0n) is 19.2. The number of aromatic nitrogens is 1. The third kappa shape index (κ3) is 4.43. The van der Waals surface area contributed by atoms with Gasteiger partial charge in [-0.05, 0) is 54.6 Å². The minimum absolute atomic E-state index is 0.109. The first-order chi connectivity index (χ1) is 17.1. The second-order valence-corrected chi connectivity index (χ2v) is 8.63. The number of methoxy groups -OCH3 is 2. The van der Waals surface area contributed by atoms with Crippen LogP contribution in [-0.4, -0.2) is 36.7 Å². The summed E-state index contributed by atoms with van der Waals surface area (Å²) in [5, 5.41) is 22.0. The Morgan fingerprint density at radius 2 is 1.63 bits per heavy atom. The lowest BCUT2D eigenvalue weighted by Gasteiger charge is -2.19. The maximum Gasteiger partial charge on any atom is 0.139 e. The smallest absolute Gasteiger partial charge is 0.139 e. The SMILES string of the molecule is COc1ccc(OC)c(-c2csc(C3=C(O)CN(c4ccc(Oc5ccccc5)cc4)C3=N)n2)c1. The summed E-state index contributed by atoms with van der Waals surface area (Å²) in [6.07, 6.45) is 0. The van der Waals surface area contributed by atoms with E-state index in [1.807, 2.05) is 78.2 Å². The van der Waals surface area contributed by atoms with Crippen LogP contribution in [0.5, 0.6) is 23.0 Å². The summed E-state index contributed by atoms with van der Waals surface area (Å²) in [5.74, 6) is 3.11. The van der Waals surface area contributed by atoms with Gasteiger partial charge < -0.3 is 24.2 Å². The quantitative estimate of drug-likeness (QED) is 0.316. The fraction of sp³-hybridized carbons (Fsp3) is 0.111. The number of nitrogens with one attached hydrogen (secondary N) is 1. The van der Waals surface area contributed by atoms with Gasteiger partial charge in [-0.3, -0.25) is 5.41 Å². The van der Waals surface area contributed by atoms with E-state index < -0.39 is 0 Å². The average molecular weight is 486 g/mol. The average Bonchev–Trinajstić information content (AvgIpc) is 3.48. The molecule has 1 aliphatic heterocycles. The lowest BCUT2D eigenvalue weighted by molar-refractivity contribution is 0.404. The molecule has 3 aromatic carbocycles. The number of benzene rings is 3. The summed E-state index contributed by atoms with van der Waals surface area (Å²) in [4.78, 5) is 6.45. The van der Waals surface area contributed by atoms with Crippen LogP contribution >= 0.6 is 11.3 Å². The minimum atomic E-state index is 0.109. The summed E-state index contributed by atoms with van der Waals surface area (Å²) in [6.45, 7) is 0.199. The molecule has 4 aromatic rings. The number of amidine groups is 1. The van der Waals surface area contributed by atoms with Crippen LogP contribution in [0.4, 0.5) is 5.69 Å². The third-order valence-electron chi connectivity index (χ3n) is 5.63. The van der Waals surface area contributed by atoms with Crippen molar-refractivity contribution in [2.75, 3.05) is 25.7 Å². The van der Waals surface area contributed by atoms with Gasteiger partial charge in [0, 0.05) is 16.6 Å². The number of ether oxygens (including phenoxy) is 3. The first-order valence-corrected chi connectivity index (χ1v) is 11.7. The van der Waals surface area contributed by atoms with Gasteiger partial charge in [-0.25, -0.2) is 4.98 Å². The molecule has 0 unspecified atom stereocenters. The molecule has 0 aliphatic carbocycles. The maximum atomic E-state index is 10.8. The van der Waals surface area contributed by atoms with Crippen molar-refractivity contribution in [3.63, 3.8) is 0 Å². The van der Waals surface area contributed by atoms with Gasteiger partial charge in [0.25, 0.3) is 0 Å². The predicted molar refractivity (Wildman–Crippen MR) is 138 cm³/mol. The summed E-state index contributed by atoms with van der Waals surface area (Å²) >= 11 is 1.37. The number of para-hydroxylation sites is 1. The number of anilines is 1.